The van der Waals surface area contributed by atoms with E-state index in [1.165, 1.54) is 0 Å². The van der Waals surface area contributed by atoms with Crippen molar-refractivity contribution in [1.82, 2.24) is 10.6 Å². The van der Waals surface area contributed by atoms with Gasteiger partial charge in [-0.1, -0.05) is 35.9 Å². The predicted octanol–water partition coefficient (Wildman–Crippen LogP) is 2.99. The third-order valence-corrected chi connectivity index (χ3v) is 4.16. The van der Waals surface area contributed by atoms with Crippen LogP contribution in [0.2, 0.25) is 5.02 Å². The second-order valence-corrected chi connectivity index (χ2v) is 6.91. The molecule has 2 amide bonds. The van der Waals surface area contributed by atoms with Crippen LogP contribution in [0.25, 0.3) is 0 Å². The third-order valence-electron chi connectivity index (χ3n) is 3.91. The molecule has 0 aliphatic carbocycles. The van der Waals surface area contributed by atoms with Crippen molar-refractivity contribution in [2.24, 2.45) is 5.73 Å². The highest BCUT2D eigenvalue weighted by Gasteiger charge is 2.21. The highest BCUT2D eigenvalue weighted by atomic mass is 35.5. The fourth-order valence-electron chi connectivity index (χ4n) is 2.52. The van der Waals surface area contributed by atoms with E-state index in [2.05, 4.69) is 10.6 Å². The van der Waals surface area contributed by atoms with Gasteiger partial charge >= 0.3 is 6.03 Å². The first-order valence-corrected chi connectivity index (χ1v) is 9.20. The summed E-state index contributed by atoms with van der Waals surface area (Å²) in [5.74, 6) is 0.721. The number of rotatable bonds is 8. The topological polar surface area (TPSA) is 96.6 Å². The van der Waals surface area contributed by atoms with Crippen LogP contribution in [0.1, 0.15) is 31.1 Å². The molecule has 0 bridgehead atoms. The van der Waals surface area contributed by atoms with E-state index >= 15 is 0 Å². The van der Waals surface area contributed by atoms with Gasteiger partial charge in [0, 0.05) is 18.1 Å². The summed E-state index contributed by atoms with van der Waals surface area (Å²) in [7, 11) is 0. The predicted molar refractivity (Wildman–Crippen MR) is 107 cm³/mol. The Labute approximate surface area is 164 Å². The van der Waals surface area contributed by atoms with Gasteiger partial charge in [0.1, 0.15) is 11.9 Å². The molecule has 0 spiro atoms. The monoisotopic (exact) mass is 391 g/mol. The fourth-order valence-corrected chi connectivity index (χ4v) is 2.64. The number of carbonyl (C=O) groups is 1. The van der Waals surface area contributed by atoms with Crippen molar-refractivity contribution in [3.8, 4) is 5.75 Å². The highest BCUT2D eigenvalue weighted by molar-refractivity contribution is 6.30. The molecule has 7 heteroatoms. The number of ether oxygens (including phenoxy) is 1. The molecule has 2 rings (SSSR count). The van der Waals surface area contributed by atoms with E-state index in [0.717, 1.165) is 11.3 Å². The molecule has 27 heavy (non-hydrogen) atoms. The second kappa shape index (κ2) is 10.2. The average Bonchev–Trinajstić information content (AvgIpc) is 2.65. The zero-order chi connectivity index (χ0) is 19.8. The van der Waals surface area contributed by atoms with Crippen molar-refractivity contribution in [3.63, 3.8) is 0 Å². The van der Waals surface area contributed by atoms with Gasteiger partial charge in [0.05, 0.1) is 12.1 Å². The zero-order valence-corrected chi connectivity index (χ0v) is 16.2. The summed E-state index contributed by atoms with van der Waals surface area (Å²) in [6.07, 6.45) is -0.854. The van der Waals surface area contributed by atoms with Gasteiger partial charge in [0.2, 0.25) is 0 Å². The molecule has 146 valence electrons. The van der Waals surface area contributed by atoms with Crippen LogP contribution in [-0.2, 0) is 6.54 Å². The number of hydrogen-bond acceptors (Lipinski definition) is 4. The maximum atomic E-state index is 12.1. The molecular formula is C20H26ClN3O3. The smallest absolute Gasteiger partial charge is 0.315 e. The molecule has 2 aromatic rings. The molecule has 0 unspecified atom stereocenters. The maximum absolute atomic E-state index is 12.1. The van der Waals surface area contributed by atoms with Crippen LogP contribution >= 0.6 is 11.6 Å². The molecule has 2 atom stereocenters. The minimum Gasteiger partial charge on any atom is -0.491 e. The van der Waals surface area contributed by atoms with E-state index < -0.39 is 18.2 Å². The normalized spacial score (nSPS) is 13.1. The number of nitrogens with two attached hydrogens (primary N) is 1. The molecule has 6 nitrogen and oxygen atoms in total. The lowest BCUT2D eigenvalue weighted by molar-refractivity contribution is 0.133. The lowest BCUT2D eigenvalue weighted by atomic mass is 10.0. The van der Waals surface area contributed by atoms with Gasteiger partial charge in [0.15, 0.2) is 0 Å². The first-order chi connectivity index (χ1) is 12.9. The van der Waals surface area contributed by atoms with E-state index in [0.29, 0.717) is 17.1 Å². The van der Waals surface area contributed by atoms with Crippen LogP contribution in [0, 0.1) is 0 Å². The number of carbonyl (C=O) groups excluding carboxylic acids is 1. The largest absolute Gasteiger partial charge is 0.491 e. The summed E-state index contributed by atoms with van der Waals surface area (Å²) in [5.41, 5.74) is 7.31. The van der Waals surface area contributed by atoms with Gasteiger partial charge in [-0.25, -0.2) is 4.79 Å². The molecule has 0 aliphatic heterocycles. The summed E-state index contributed by atoms with van der Waals surface area (Å²) >= 11 is 5.84. The highest BCUT2D eigenvalue weighted by Crippen LogP contribution is 2.21. The molecule has 0 saturated carbocycles. The molecule has 0 fully saturated rings. The Morgan fingerprint density at radius 1 is 1.15 bits per heavy atom. The molecule has 2 aromatic carbocycles. The third kappa shape index (κ3) is 6.75. The van der Waals surface area contributed by atoms with Crippen molar-refractivity contribution < 1.29 is 14.6 Å². The van der Waals surface area contributed by atoms with E-state index in [4.69, 9.17) is 22.1 Å². The van der Waals surface area contributed by atoms with Crippen LogP contribution in [0.15, 0.2) is 48.5 Å². The number of aliphatic hydroxyl groups is 1. The van der Waals surface area contributed by atoms with Crippen molar-refractivity contribution >= 4 is 17.6 Å². The molecular weight excluding hydrogens is 366 g/mol. The van der Waals surface area contributed by atoms with Gasteiger partial charge in [-0.3, -0.25) is 0 Å². The lowest BCUT2D eigenvalue weighted by Gasteiger charge is -2.23. The molecule has 0 radical (unpaired) electrons. The van der Waals surface area contributed by atoms with Crippen LogP contribution in [-0.4, -0.2) is 29.8 Å². The Balaban J connectivity index is 1.90. The van der Waals surface area contributed by atoms with E-state index in [9.17, 15) is 9.90 Å². The number of hydrogen-bond donors (Lipinski definition) is 4. The fraction of sp³-hybridized carbons (Fsp3) is 0.350. The number of benzene rings is 2. The Bertz CT molecular complexity index is 720. The Morgan fingerprint density at radius 2 is 1.78 bits per heavy atom. The summed E-state index contributed by atoms with van der Waals surface area (Å²) < 4.78 is 5.59. The van der Waals surface area contributed by atoms with Crippen LogP contribution in [0.4, 0.5) is 4.79 Å². The number of nitrogens with one attached hydrogen (secondary N) is 2. The minimum atomic E-state index is -0.926. The first-order valence-electron chi connectivity index (χ1n) is 8.82. The zero-order valence-electron chi connectivity index (χ0n) is 15.5. The Hall–Kier alpha value is -2.28. The van der Waals surface area contributed by atoms with Crippen molar-refractivity contribution in [2.75, 3.05) is 6.54 Å². The van der Waals surface area contributed by atoms with Gasteiger partial charge in [0.25, 0.3) is 0 Å². The Kier molecular flexibility index (Phi) is 7.91. The summed E-state index contributed by atoms with van der Waals surface area (Å²) in [6, 6.07) is 13.3. The second-order valence-electron chi connectivity index (χ2n) is 6.48. The molecule has 0 aromatic heterocycles. The van der Waals surface area contributed by atoms with Crippen LogP contribution in [0.5, 0.6) is 5.75 Å². The maximum Gasteiger partial charge on any atom is 0.315 e. The van der Waals surface area contributed by atoms with E-state index in [1.54, 1.807) is 36.4 Å². The van der Waals surface area contributed by atoms with E-state index in [-0.39, 0.29) is 12.6 Å². The van der Waals surface area contributed by atoms with Gasteiger partial charge in [-0.2, -0.15) is 0 Å². The minimum absolute atomic E-state index is 0.0727. The number of urea groups is 1. The van der Waals surface area contributed by atoms with Gasteiger partial charge in [-0.15, -0.1) is 0 Å². The van der Waals surface area contributed by atoms with Gasteiger partial charge in [-0.05, 0) is 49.2 Å². The van der Waals surface area contributed by atoms with Crippen molar-refractivity contribution in [2.45, 2.75) is 38.6 Å². The van der Waals surface area contributed by atoms with Crippen LogP contribution < -0.4 is 21.1 Å². The average molecular weight is 392 g/mol. The number of halogens is 1. The summed E-state index contributed by atoms with van der Waals surface area (Å²) in [6.45, 7) is 4.33. The van der Waals surface area contributed by atoms with Crippen molar-refractivity contribution in [3.05, 3.63) is 64.7 Å². The van der Waals surface area contributed by atoms with Crippen molar-refractivity contribution in [1.29, 1.82) is 0 Å². The molecule has 5 N–H and O–H groups in total. The van der Waals surface area contributed by atoms with Gasteiger partial charge < -0.3 is 26.2 Å². The number of aliphatic hydroxyl groups excluding tert-OH is 1. The SMILES string of the molecule is CC(C)Oc1ccc([C@@H](O)[C@@H](CN)NC(=O)NCc2ccc(Cl)cc2)cc1. The van der Waals surface area contributed by atoms with Crippen LogP contribution in [0.3, 0.4) is 0 Å². The Morgan fingerprint density at radius 3 is 2.33 bits per heavy atom. The summed E-state index contributed by atoms with van der Waals surface area (Å²) in [5, 5.41) is 16.6. The lowest BCUT2D eigenvalue weighted by Crippen LogP contribution is -2.48. The first kappa shape index (κ1) is 21.0. The molecule has 0 saturated heterocycles. The quantitative estimate of drug-likeness (QED) is 0.556. The molecule has 0 heterocycles. The van der Waals surface area contributed by atoms with E-state index in [1.807, 2.05) is 26.0 Å². The molecule has 0 aliphatic rings. The standard InChI is InChI=1S/C20H26ClN3O3/c1-13(2)27-17-9-5-15(6-10-17)19(25)18(11-22)24-20(26)23-12-14-3-7-16(21)8-4-14/h3-10,13,18-19,25H,11-12,22H2,1-2H3,(H2,23,24,26)/t18-,19-/m1/s1. The number of amides is 2. The summed E-state index contributed by atoms with van der Waals surface area (Å²) in [4.78, 5) is 12.1.